The summed E-state index contributed by atoms with van der Waals surface area (Å²) in [5.41, 5.74) is 0. The fraction of sp³-hybridized carbons (Fsp3) is 0.588. The SMILES string of the molecule is CCC(C)NC(=O)C1CCCN(S(=O)(=O)c2ccc(OC)cc2)C1. The van der Waals surface area contributed by atoms with Crippen molar-refractivity contribution < 1.29 is 17.9 Å². The van der Waals surface area contributed by atoms with Crippen LogP contribution in [-0.4, -0.2) is 44.9 Å². The predicted octanol–water partition coefficient (Wildman–Crippen LogP) is 2.01. The highest BCUT2D eigenvalue weighted by Gasteiger charge is 2.33. The second-order valence-electron chi connectivity index (χ2n) is 6.20. The van der Waals surface area contributed by atoms with Gasteiger partial charge in [0.05, 0.1) is 17.9 Å². The molecule has 1 amide bonds. The van der Waals surface area contributed by atoms with Gasteiger partial charge in [-0.05, 0) is 50.5 Å². The first kappa shape index (κ1) is 18.7. The Hall–Kier alpha value is -1.60. The zero-order chi connectivity index (χ0) is 17.7. The zero-order valence-corrected chi connectivity index (χ0v) is 15.3. The molecule has 1 aliphatic heterocycles. The minimum atomic E-state index is -3.59. The molecule has 1 aromatic rings. The van der Waals surface area contributed by atoms with Crippen molar-refractivity contribution in [1.29, 1.82) is 0 Å². The number of amides is 1. The number of carbonyl (C=O) groups excluding carboxylic acids is 1. The zero-order valence-electron chi connectivity index (χ0n) is 14.5. The Balaban J connectivity index is 2.11. The third kappa shape index (κ3) is 4.27. The molecule has 24 heavy (non-hydrogen) atoms. The van der Waals surface area contributed by atoms with Crippen LogP contribution in [0.5, 0.6) is 5.75 Å². The summed E-state index contributed by atoms with van der Waals surface area (Å²) in [4.78, 5) is 12.5. The normalized spacial score (nSPS) is 20.4. The van der Waals surface area contributed by atoms with Crippen LogP contribution >= 0.6 is 0 Å². The van der Waals surface area contributed by atoms with E-state index in [9.17, 15) is 13.2 Å². The lowest BCUT2D eigenvalue weighted by atomic mass is 9.98. The number of sulfonamides is 1. The maximum Gasteiger partial charge on any atom is 0.243 e. The molecule has 0 bridgehead atoms. The van der Waals surface area contributed by atoms with E-state index in [-0.39, 0.29) is 29.3 Å². The molecule has 2 rings (SSSR count). The molecule has 1 aliphatic rings. The van der Waals surface area contributed by atoms with Crippen molar-refractivity contribution in [2.24, 2.45) is 5.92 Å². The Kier molecular flexibility index (Phi) is 6.23. The van der Waals surface area contributed by atoms with Crippen LogP contribution in [0.4, 0.5) is 0 Å². The summed E-state index contributed by atoms with van der Waals surface area (Å²) in [6.45, 7) is 4.64. The molecule has 0 aromatic heterocycles. The molecule has 2 unspecified atom stereocenters. The second kappa shape index (κ2) is 7.98. The summed E-state index contributed by atoms with van der Waals surface area (Å²) in [6.07, 6.45) is 2.26. The van der Waals surface area contributed by atoms with E-state index in [2.05, 4.69) is 5.32 Å². The van der Waals surface area contributed by atoms with Gasteiger partial charge in [0.25, 0.3) is 0 Å². The standard InChI is InChI=1S/C17H26N2O4S/c1-4-13(2)18-17(20)14-6-5-11-19(12-14)24(21,22)16-9-7-15(23-3)8-10-16/h7-10,13-14H,4-6,11-12H2,1-3H3,(H,18,20). The highest BCUT2D eigenvalue weighted by atomic mass is 32.2. The van der Waals surface area contributed by atoms with E-state index in [1.807, 2.05) is 13.8 Å². The Morgan fingerprint density at radius 2 is 2.04 bits per heavy atom. The predicted molar refractivity (Wildman–Crippen MR) is 92.4 cm³/mol. The quantitative estimate of drug-likeness (QED) is 0.848. The van der Waals surface area contributed by atoms with Crippen molar-refractivity contribution >= 4 is 15.9 Å². The van der Waals surface area contributed by atoms with Crippen LogP contribution in [0.15, 0.2) is 29.2 Å². The molecule has 2 atom stereocenters. The molecule has 0 saturated carbocycles. The summed E-state index contributed by atoms with van der Waals surface area (Å²) in [7, 11) is -2.05. The number of carbonyl (C=O) groups is 1. The van der Waals surface area contributed by atoms with Gasteiger partial charge in [0, 0.05) is 19.1 Å². The molecule has 0 radical (unpaired) electrons. The lowest BCUT2D eigenvalue weighted by Gasteiger charge is -2.31. The van der Waals surface area contributed by atoms with Crippen molar-refractivity contribution in [3.8, 4) is 5.75 Å². The number of nitrogens with one attached hydrogen (secondary N) is 1. The Bertz CT molecular complexity index is 658. The van der Waals surface area contributed by atoms with Gasteiger partial charge in [-0.1, -0.05) is 6.92 Å². The number of hydrogen-bond donors (Lipinski definition) is 1. The van der Waals surface area contributed by atoms with E-state index >= 15 is 0 Å². The average Bonchev–Trinajstić information content (AvgIpc) is 2.61. The van der Waals surface area contributed by atoms with E-state index in [4.69, 9.17) is 4.74 Å². The number of rotatable bonds is 6. The molecule has 1 fully saturated rings. The molecule has 7 heteroatoms. The minimum Gasteiger partial charge on any atom is -0.497 e. The molecule has 1 saturated heterocycles. The Morgan fingerprint density at radius 3 is 2.62 bits per heavy atom. The van der Waals surface area contributed by atoms with Crippen LogP contribution in [0, 0.1) is 5.92 Å². The summed E-state index contributed by atoms with van der Waals surface area (Å²) >= 11 is 0. The van der Waals surface area contributed by atoms with Crippen molar-refractivity contribution in [2.75, 3.05) is 20.2 Å². The number of hydrogen-bond acceptors (Lipinski definition) is 4. The fourth-order valence-corrected chi connectivity index (χ4v) is 4.26. The van der Waals surface area contributed by atoms with E-state index < -0.39 is 10.0 Å². The van der Waals surface area contributed by atoms with E-state index in [0.717, 1.165) is 12.8 Å². The molecule has 134 valence electrons. The third-order valence-electron chi connectivity index (χ3n) is 4.45. The van der Waals surface area contributed by atoms with Crippen LogP contribution in [0.25, 0.3) is 0 Å². The van der Waals surface area contributed by atoms with Gasteiger partial charge in [-0.3, -0.25) is 4.79 Å². The van der Waals surface area contributed by atoms with Crippen LogP contribution in [0.2, 0.25) is 0 Å². The summed E-state index contributed by atoms with van der Waals surface area (Å²) in [5.74, 6) is 0.262. The molecule has 1 heterocycles. The molecule has 1 aromatic carbocycles. The fourth-order valence-electron chi connectivity index (χ4n) is 2.73. The molecule has 1 N–H and O–H groups in total. The van der Waals surface area contributed by atoms with Gasteiger partial charge in [-0.25, -0.2) is 8.42 Å². The van der Waals surface area contributed by atoms with Crippen molar-refractivity contribution in [2.45, 2.75) is 44.0 Å². The molecule has 6 nitrogen and oxygen atoms in total. The highest BCUT2D eigenvalue weighted by Crippen LogP contribution is 2.25. The number of nitrogens with zero attached hydrogens (tertiary/aromatic N) is 1. The lowest BCUT2D eigenvalue weighted by Crippen LogP contribution is -2.46. The number of piperidine rings is 1. The summed E-state index contributed by atoms with van der Waals surface area (Å²) in [6, 6.07) is 6.44. The maximum absolute atomic E-state index is 12.8. The van der Waals surface area contributed by atoms with Gasteiger partial charge >= 0.3 is 0 Å². The van der Waals surface area contributed by atoms with Crippen LogP contribution in [-0.2, 0) is 14.8 Å². The lowest BCUT2D eigenvalue weighted by molar-refractivity contribution is -0.126. The van der Waals surface area contributed by atoms with Crippen molar-refractivity contribution in [1.82, 2.24) is 9.62 Å². The molecule has 0 aliphatic carbocycles. The third-order valence-corrected chi connectivity index (χ3v) is 6.33. The Morgan fingerprint density at radius 1 is 1.38 bits per heavy atom. The van der Waals surface area contributed by atoms with Crippen LogP contribution in [0.3, 0.4) is 0 Å². The van der Waals surface area contributed by atoms with Gasteiger partial charge in [0.15, 0.2) is 0 Å². The first-order valence-corrected chi connectivity index (χ1v) is 9.77. The minimum absolute atomic E-state index is 0.0565. The molecule has 0 spiro atoms. The Labute approximate surface area is 144 Å². The summed E-state index contributed by atoms with van der Waals surface area (Å²) < 4.78 is 32.1. The first-order valence-electron chi connectivity index (χ1n) is 8.33. The van der Waals surface area contributed by atoms with Gasteiger partial charge in [0.2, 0.25) is 15.9 Å². The summed E-state index contributed by atoms with van der Waals surface area (Å²) in [5, 5.41) is 2.95. The van der Waals surface area contributed by atoms with Gasteiger partial charge in [0.1, 0.15) is 5.75 Å². The molecular formula is C17H26N2O4S. The smallest absolute Gasteiger partial charge is 0.243 e. The highest BCUT2D eigenvalue weighted by molar-refractivity contribution is 7.89. The van der Waals surface area contributed by atoms with Crippen LogP contribution in [0.1, 0.15) is 33.1 Å². The van der Waals surface area contributed by atoms with E-state index in [1.54, 1.807) is 12.1 Å². The maximum atomic E-state index is 12.8. The second-order valence-corrected chi connectivity index (χ2v) is 8.13. The van der Waals surface area contributed by atoms with E-state index in [1.165, 1.54) is 23.5 Å². The van der Waals surface area contributed by atoms with Crippen LogP contribution < -0.4 is 10.1 Å². The monoisotopic (exact) mass is 354 g/mol. The molecular weight excluding hydrogens is 328 g/mol. The average molecular weight is 354 g/mol. The van der Waals surface area contributed by atoms with Gasteiger partial charge in [-0.2, -0.15) is 4.31 Å². The van der Waals surface area contributed by atoms with Gasteiger partial charge in [-0.15, -0.1) is 0 Å². The number of methoxy groups -OCH3 is 1. The van der Waals surface area contributed by atoms with E-state index in [0.29, 0.717) is 18.7 Å². The van der Waals surface area contributed by atoms with Crippen molar-refractivity contribution in [3.05, 3.63) is 24.3 Å². The van der Waals surface area contributed by atoms with Crippen molar-refractivity contribution in [3.63, 3.8) is 0 Å². The number of benzene rings is 1. The first-order chi connectivity index (χ1) is 11.4. The van der Waals surface area contributed by atoms with Gasteiger partial charge < -0.3 is 10.1 Å². The largest absolute Gasteiger partial charge is 0.497 e. The number of ether oxygens (including phenoxy) is 1. The topological polar surface area (TPSA) is 75.7 Å².